The van der Waals surface area contributed by atoms with E-state index in [9.17, 15) is 19.2 Å². The molecule has 1 fully saturated rings. The van der Waals surface area contributed by atoms with Crippen LogP contribution in [0.25, 0.3) is 0 Å². The molecule has 20 heavy (non-hydrogen) atoms. The van der Waals surface area contributed by atoms with Gasteiger partial charge in [-0.25, -0.2) is 9.59 Å². The molecule has 0 aliphatic heterocycles. The van der Waals surface area contributed by atoms with Gasteiger partial charge < -0.3 is 14.3 Å². The average Bonchev–Trinajstić information content (AvgIpc) is 2.75. The Morgan fingerprint density at radius 1 is 1.25 bits per heavy atom. The molecule has 8 nitrogen and oxygen atoms in total. The van der Waals surface area contributed by atoms with Crippen molar-refractivity contribution in [2.45, 2.75) is 18.9 Å². The summed E-state index contributed by atoms with van der Waals surface area (Å²) in [5.74, 6) is -1.98. The Kier molecular flexibility index (Phi) is 6.54. The first-order valence-corrected chi connectivity index (χ1v) is 5.92. The molecular formula is C12H15NO7. The number of hydrogen-bond acceptors (Lipinski definition) is 8. The summed E-state index contributed by atoms with van der Waals surface area (Å²) in [6.45, 7) is 2.80. The van der Waals surface area contributed by atoms with Gasteiger partial charge in [0.25, 0.3) is 0 Å². The Bertz CT molecular complexity index is 402. The lowest BCUT2D eigenvalue weighted by Crippen LogP contribution is -2.40. The van der Waals surface area contributed by atoms with Crippen LogP contribution < -0.4 is 5.48 Å². The van der Waals surface area contributed by atoms with E-state index in [-0.39, 0.29) is 37.6 Å². The number of hydroxylamine groups is 1. The van der Waals surface area contributed by atoms with Crippen LogP contribution in [0.5, 0.6) is 0 Å². The molecule has 0 amide bonds. The number of nitrogens with one attached hydrogen (secondary N) is 1. The molecule has 8 heteroatoms. The number of esters is 1. The molecule has 0 saturated heterocycles. The maximum Gasteiger partial charge on any atom is 0.350 e. The van der Waals surface area contributed by atoms with E-state index in [1.165, 1.54) is 0 Å². The first kappa shape index (κ1) is 16.0. The van der Waals surface area contributed by atoms with Gasteiger partial charge >= 0.3 is 11.9 Å². The lowest BCUT2D eigenvalue weighted by atomic mass is 10.2. The standard InChI is InChI=1S/C12H15NO7/c1-2-10(16)19-6-5-18-7-11(17)20-13-12-8(14)3-4-9(12)15/h2,12-13H,1,3-7H2. The molecule has 0 aromatic carbocycles. The topological polar surface area (TPSA) is 108 Å². The molecule has 0 bridgehead atoms. The summed E-state index contributed by atoms with van der Waals surface area (Å²) >= 11 is 0. The van der Waals surface area contributed by atoms with E-state index in [2.05, 4.69) is 21.6 Å². The van der Waals surface area contributed by atoms with E-state index in [1.807, 2.05) is 0 Å². The second-order valence-electron chi connectivity index (χ2n) is 3.88. The SMILES string of the molecule is C=CC(=O)OCCOCC(=O)ONC1C(=O)CCC1=O. The molecule has 1 N–H and O–H groups in total. The third-order valence-corrected chi connectivity index (χ3v) is 2.41. The number of ketones is 2. The molecule has 0 aromatic heterocycles. The quantitative estimate of drug-likeness (QED) is 0.200. The van der Waals surface area contributed by atoms with Gasteiger partial charge in [-0.2, -0.15) is 0 Å². The fourth-order valence-electron chi connectivity index (χ4n) is 1.42. The van der Waals surface area contributed by atoms with Crippen molar-refractivity contribution in [3.05, 3.63) is 12.7 Å². The third kappa shape index (κ3) is 5.29. The minimum absolute atomic E-state index is 0.00989. The highest BCUT2D eigenvalue weighted by Crippen LogP contribution is 2.10. The molecule has 110 valence electrons. The third-order valence-electron chi connectivity index (χ3n) is 2.41. The van der Waals surface area contributed by atoms with Gasteiger partial charge in [0.2, 0.25) is 0 Å². The first-order chi connectivity index (χ1) is 9.54. The number of hydrogen-bond donors (Lipinski definition) is 1. The van der Waals surface area contributed by atoms with Gasteiger partial charge in [-0.1, -0.05) is 6.58 Å². The molecule has 1 aliphatic rings. The molecule has 0 heterocycles. The van der Waals surface area contributed by atoms with Gasteiger partial charge in [0.15, 0.2) is 17.6 Å². The van der Waals surface area contributed by atoms with E-state index in [1.54, 1.807) is 0 Å². The van der Waals surface area contributed by atoms with Crippen molar-refractivity contribution >= 4 is 23.5 Å². The van der Waals surface area contributed by atoms with Crippen molar-refractivity contribution < 1.29 is 33.5 Å². The van der Waals surface area contributed by atoms with Crippen molar-refractivity contribution in [1.82, 2.24) is 5.48 Å². The van der Waals surface area contributed by atoms with Crippen LogP contribution in [0.3, 0.4) is 0 Å². The Hall–Kier alpha value is -2.06. The number of Topliss-reactive ketones (excluding diaryl/α,β-unsaturated/α-hetero) is 2. The van der Waals surface area contributed by atoms with Gasteiger partial charge in [0.1, 0.15) is 13.2 Å². The van der Waals surface area contributed by atoms with Crippen LogP contribution in [-0.2, 0) is 33.5 Å². The molecule has 1 saturated carbocycles. The zero-order valence-electron chi connectivity index (χ0n) is 10.8. The van der Waals surface area contributed by atoms with E-state index in [0.29, 0.717) is 0 Å². The summed E-state index contributed by atoms with van der Waals surface area (Å²) in [4.78, 5) is 48.9. The average molecular weight is 285 g/mol. The van der Waals surface area contributed by atoms with Gasteiger partial charge in [-0.3, -0.25) is 9.59 Å². The van der Waals surface area contributed by atoms with Crippen LogP contribution in [0.2, 0.25) is 0 Å². The highest BCUT2D eigenvalue weighted by molar-refractivity contribution is 6.12. The Morgan fingerprint density at radius 3 is 2.50 bits per heavy atom. The number of carbonyl (C=O) groups excluding carboxylic acids is 4. The van der Waals surface area contributed by atoms with Gasteiger partial charge in [-0.15, -0.1) is 5.48 Å². The Labute approximate surface area is 115 Å². The second-order valence-corrected chi connectivity index (χ2v) is 3.88. The van der Waals surface area contributed by atoms with E-state index >= 15 is 0 Å². The maximum absolute atomic E-state index is 11.2. The molecule has 0 aromatic rings. The fraction of sp³-hybridized carbons (Fsp3) is 0.500. The largest absolute Gasteiger partial charge is 0.460 e. The second kappa shape index (κ2) is 8.18. The molecular weight excluding hydrogens is 270 g/mol. The lowest BCUT2D eigenvalue weighted by Gasteiger charge is -2.09. The predicted molar refractivity (Wildman–Crippen MR) is 64.2 cm³/mol. The maximum atomic E-state index is 11.2. The molecule has 0 radical (unpaired) electrons. The van der Waals surface area contributed by atoms with Crippen LogP contribution in [0.4, 0.5) is 0 Å². The van der Waals surface area contributed by atoms with Crippen LogP contribution in [0.15, 0.2) is 12.7 Å². The normalized spacial score (nSPS) is 15.2. The number of rotatable bonds is 8. The molecule has 1 aliphatic carbocycles. The van der Waals surface area contributed by atoms with Crippen LogP contribution in [0, 0.1) is 0 Å². The minimum Gasteiger partial charge on any atom is -0.460 e. The van der Waals surface area contributed by atoms with Gasteiger partial charge in [0, 0.05) is 18.9 Å². The highest BCUT2D eigenvalue weighted by Gasteiger charge is 2.33. The lowest BCUT2D eigenvalue weighted by molar-refractivity contribution is -0.160. The van der Waals surface area contributed by atoms with Crippen LogP contribution >= 0.6 is 0 Å². The summed E-state index contributed by atoms with van der Waals surface area (Å²) in [6.07, 6.45) is 1.31. The van der Waals surface area contributed by atoms with Crippen molar-refractivity contribution in [2.24, 2.45) is 0 Å². The zero-order valence-corrected chi connectivity index (χ0v) is 10.8. The van der Waals surface area contributed by atoms with Gasteiger partial charge in [0.05, 0.1) is 6.61 Å². The van der Waals surface area contributed by atoms with Crippen molar-refractivity contribution in [3.63, 3.8) is 0 Å². The molecule has 0 atom stereocenters. The zero-order chi connectivity index (χ0) is 15.0. The summed E-state index contributed by atoms with van der Waals surface area (Å²) in [5, 5.41) is 0. The van der Waals surface area contributed by atoms with Crippen molar-refractivity contribution in [3.8, 4) is 0 Å². The summed E-state index contributed by atoms with van der Waals surface area (Å²) < 4.78 is 9.47. The summed E-state index contributed by atoms with van der Waals surface area (Å²) in [7, 11) is 0. The van der Waals surface area contributed by atoms with Crippen LogP contribution in [0.1, 0.15) is 12.8 Å². The molecule has 0 unspecified atom stereocenters. The summed E-state index contributed by atoms with van der Waals surface area (Å²) in [5.41, 5.74) is 2.12. The number of carbonyl (C=O) groups is 4. The smallest absolute Gasteiger partial charge is 0.350 e. The van der Waals surface area contributed by atoms with Crippen molar-refractivity contribution in [1.29, 1.82) is 0 Å². The first-order valence-electron chi connectivity index (χ1n) is 5.92. The van der Waals surface area contributed by atoms with E-state index in [4.69, 9.17) is 4.74 Å². The minimum atomic E-state index is -1.08. The Balaban J connectivity index is 2.09. The summed E-state index contributed by atoms with van der Waals surface area (Å²) in [6, 6.07) is -1.08. The Morgan fingerprint density at radius 2 is 1.90 bits per heavy atom. The van der Waals surface area contributed by atoms with Gasteiger partial charge in [-0.05, 0) is 0 Å². The highest BCUT2D eigenvalue weighted by atomic mass is 16.7. The molecule has 0 spiro atoms. The van der Waals surface area contributed by atoms with Crippen LogP contribution in [-0.4, -0.2) is 49.4 Å². The van der Waals surface area contributed by atoms with E-state index < -0.39 is 24.6 Å². The predicted octanol–water partition coefficient (Wildman–Crippen LogP) is -0.919. The number of ether oxygens (including phenoxy) is 2. The monoisotopic (exact) mass is 285 g/mol. The fourth-order valence-corrected chi connectivity index (χ4v) is 1.42. The molecule has 1 rings (SSSR count). The van der Waals surface area contributed by atoms with E-state index in [0.717, 1.165) is 6.08 Å². The van der Waals surface area contributed by atoms with Crippen molar-refractivity contribution in [2.75, 3.05) is 19.8 Å².